The number of unbranched alkanes of at least 4 members (excludes halogenated alkanes) is 1. The lowest BCUT2D eigenvalue weighted by atomic mass is 10.2. The Morgan fingerprint density at radius 1 is 1.37 bits per heavy atom. The van der Waals surface area contributed by atoms with Crippen LogP contribution in [-0.2, 0) is 0 Å². The Hall–Kier alpha value is -2.05. The van der Waals surface area contributed by atoms with Gasteiger partial charge in [-0.2, -0.15) is 8.78 Å². The summed E-state index contributed by atoms with van der Waals surface area (Å²) in [6, 6.07) is 6.50. The molecule has 0 aromatic heterocycles. The first-order chi connectivity index (χ1) is 9.13. The highest BCUT2D eigenvalue weighted by atomic mass is 19.3. The molecule has 0 unspecified atom stereocenters. The van der Waals surface area contributed by atoms with Crippen LogP contribution in [0.25, 0.3) is 0 Å². The van der Waals surface area contributed by atoms with E-state index in [9.17, 15) is 8.78 Å². The highest BCUT2D eigenvalue weighted by molar-refractivity contribution is 5.79. The second-order valence-corrected chi connectivity index (χ2v) is 3.85. The van der Waals surface area contributed by atoms with Crippen LogP contribution in [0.5, 0.6) is 5.75 Å². The minimum atomic E-state index is -2.84. The van der Waals surface area contributed by atoms with Gasteiger partial charge in [-0.1, -0.05) is 17.3 Å². The van der Waals surface area contributed by atoms with Crippen LogP contribution < -0.4 is 15.8 Å². The number of hydrogen-bond donors (Lipinski definition) is 3. The van der Waals surface area contributed by atoms with Crippen LogP contribution >= 0.6 is 0 Å². The average molecular weight is 273 g/mol. The van der Waals surface area contributed by atoms with Crippen molar-refractivity contribution in [2.24, 2.45) is 10.9 Å². The summed E-state index contributed by atoms with van der Waals surface area (Å²) in [5, 5.41) is 14.2. The van der Waals surface area contributed by atoms with Crippen molar-refractivity contribution in [2.75, 3.05) is 11.9 Å². The zero-order valence-corrected chi connectivity index (χ0v) is 10.4. The molecule has 4 N–H and O–H groups in total. The predicted molar refractivity (Wildman–Crippen MR) is 68.8 cm³/mol. The van der Waals surface area contributed by atoms with E-state index in [1.165, 1.54) is 6.07 Å². The van der Waals surface area contributed by atoms with Crippen LogP contribution in [0.3, 0.4) is 0 Å². The van der Waals surface area contributed by atoms with Gasteiger partial charge in [0.05, 0.1) is 5.69 Å². The molecule has 0 aliphatic rings. The summed E-state index contributed by atoms with van der Waals surface area (Å²) >= 11 is 0. The third-order valence-electron chi connectivity index (χ3n) is 2.41. The van der Waals surface area contributed by atoms with Crippen molar-refractivity contribution >= 4 is 11.5 Å². The molecule has 0 bridgehead atoms. The molecule has 5 nitrogen and oxygen atoms in total. The molecule has 1 aromatic carbocycles. The Labute approximate surface area is 110 Å². The third kappa shape index (κ3) is 5.89. The standard InChI is InChI=1S/C12H17F2N3O2/c13-12(14)19-10-6-2-1-5-9(10)16-8-4-3-7-11(15)17-18/h1-2,5-6,12,16,18H,3-4,7-8H2,(H2,15,17). The SMILES string of the molecule is NC(CCCCNc1ccccc1OC(F)F)=NO. The molecule has 0 heterocycles. The van der Waals surface area contributed by atoms with Crippen LogP contribution in [0.4, 0.5) is 14.5 Å². The van der Waals surface area contributed by atoms with Gasteiger partial charge in [-0.05, 0) is 25.0 Å². The fourth-order valence-electron chi connectivity index (χ4n) is 1.52. The van der Waals surface area contributed by atoms with Crippen molar-refractivity contribution in [2.45, 2.75) is 25.9 Å². The van der Waals surface area contributed by atoms with Crippen molar-refractivity contribution < 1.29 is 18.7 Å². The first-order valence-corrected chi connectivity index (χ1v) is 5.87. The molecular weight excluding hydrogens is 256 g/mol. The van der Waals surface area contributed by atoms with Gasteiger partial charge in [-0.3, -0.25) is 0 Å². The largest absolute Gasteiger partial charge is 0.433 e. The maximum atomic E-state index is 12.2. The van der Waals surface area contributed by atoms with Gasteiger partial charge < -0.3 is 21.0 Å². The molecule has 1 rings (SSSR count). The Morgan fingerprint density at radius 2 is 2.11 bits per heavy atom. The lowest BCUT2D eigenvalue weighted by Gasteiger charge is -2.12. The van der Waals surface area contributed by atoms with Crippen molar-refractivity contribution in [1.82, 2.24) is 0 Å². The number of oxime groups is 1. The molecule has 106 valence electrons. The van der Waals surface area contributed by atoms with E-state index in [0.29, 0.717) is 18.7 Å². The van der Waals surface area contributed by atoms with Crippen LogP contribution in [0.15, 0.2) is 29.4 Å². The van der Waals surface area contributed by atoms with E-state index in [-0.39, 0.29) is 11.6 Å². The smallest absolute Gasteiger partial charge is 0.387 e. The number of anilines is 1. The number of ether oxygens (including phenoxy) is 1. The highest BCUT2D eigenvalue weighted by Crippen LogP contribution is 2.25. The van der Waals surface area contributed by atoms with Gasteiger partial charge in [0.15, 0.2) is 0 Å². The topological polar surface area (TPSA) is 79.9 Å². The summed E-state index contributed by atoms with van der Waals surface area (Å²) in [5.41, 5.74) is 5.84. The van der Waals surface area contributed by atoms with E-state index in [4.69, 9.17) is 10.9 Å². The van der Waals surface area contributed by atoms with Gasteiger partial charge in [-0.15, -0.1) is 0 Å². The van der Waals surface area contributed by atoms with E-state index in [0.717, 1.165) is 12.8 Å². The summed E-state index contributed by atoms with van der Waals surface area (Å²) in [7, 11) is 0. The normalized spacial score (nSPS) is 11.6. The number of hydrogen-bond acceptors (Lipinski definition) is 4. The molecule has 1 aromatic rings. The Kier molecular flexibility index (Phi) is 6.42. The first kappa shape index (κ1) is 15.0. The molecule has 0 spiro atoms. The number of halogens is 2. The lowest BCUT2D eigenvalue weighted by molar-refractivity contribution is -0.0493. The molecule has 0 fully saturated rings. The van der Waals surface area contributed by atoms with Gasteiger partial charge in [0.1, 0.15) is 11.6 Å². The van der Waals surface area contributed by atoms with Gasteiger partial charge in [-0.25, -0.2) is 0 Å². The van der Waals surface area contributed by atoms with Gasteiger partial charge in [0.25, 0.3) is 0 Å². The zero-order valence-electron chi connectivity index (χ0n) is 10.4. The van der Waals surface area contributed by atoms with E-state index < -0.39 is 6.61 Å². The maximum Gasteiger partial charge on any atom is 0.387 e. The van der Waals surface area contributed by atoms with Crippen LogP contribution in [0, 0.1) is 0 Å². The van der Waals surface area contributed by atoms with Gasteiger partial charge >= 0.3 is 6.61 Å². The van der Waals surface area contributed by atoms with Crippen molar-refractivity contribution in [1.29, 1.82) is 0 Å². The quantitative estimate of drug-likeness (QED) is 0.224. The summed E-state index contributed by atoms with van der Waals surface area (Å²) in [6.45, 7) is -2.26. The van der Waals surface area contributed by atoms with Crippen LogP contribution in [0.1, 0.15) is 19.3 Å². The van der Waals surface area contributed by atoms with Crippen LogP contribution in [-0.4, -0.2) is 24.2 Å². The molecule has 0 aliphatic carbocycles. The lowest BCUT2D eigenvalue weighted by Crippen LogP contribution is -2.12. The number of nitrogens with one attached hydrogen (secondary N) is 1. The van der Waals surface area contributed by atoms with E-state index in [1.807, 2.05) is 0 Å². The summed E-state index contributed by atoms with van der Waals surface area (Å²) in [5.74, 6) is 0.301. The third-order valence-corrected chi connectivity index (χ3v) is 2.41. The number of nitrogens with two attached hydrogens (primary N) is 1. The molecule has 0 saturated carbocycles. The molecule has 0 atom stereocenters. The molecular formula is C12H17F2N3O2. The van der Waals surface area contributed by atoms with Crippen molar-refractivity contribution in [3.8, 4) is 5.75 Å². The Balaban J connectivity index is 2.36. The van der Waals surface area contributed by atoms with Crippen molar-refractivity contribution in [3.05, 3.63) is 24.3 Å². The minimum Gasteiger partial charge on any atom is -0.433 e. The summed E-state index contributed by atoms with van der Waals surface area (Å²) < 4.78 is 28.7. The number of alkyl halides is 2. The monoisotopic (exact) mass is 273 g/mol. The molecule has 0 radical (unpaired) electrons. The summed E-state index contributed by atoms with van der Waals surface area (Å²) in [6.07, 6.45) is 1.99. The molecule has 19 heavy (non-hydrogen) atoms. The average Bonchev–Trinajstić information content (AvgIpc) is 2.39. The number of benzene rings is 1. The number of rotatable bonds is 8. The predicted octanol–water partition coefficient (Wildman–Crippen LogP) is 2.62. The molecule has 0 saturated heterocycles. The zero-order chi connectivity index (χ0) is 14.1. The second kappa shape index (κ2) is 8.12. The Morgan fingerprint density at radius 3 is 2.79 bits per heavy atom. The van der Waals surface area contributed by atoms with E-state index in [2.05, 4.69) is 15.2 Å². The highest BCUT2D eigenvalue weighted by Gasteiger charge is 2.08. The van der Waals surface area contributed by atoms with Crippen LogP contribution in [0.2, 0.25) is 0 Å². The number of amidine groups is 1. The first-order valence-electron chi connectivity index (χ1n) is 5.87. The molecule has 7 heteroatoms. The fraction of sp³-hybridized carbons (Fsp3) is 0.417. The fourth-order valence-corrected chi connectivity index (χ4v) is 1.52. The van der Waals surface area contributed by atoms with Gasteiger partial charge in [0, 0.05) is 13.0 Å². The molecule has 0 aliphatic heterocycles. The maximum absolute atomic E-state index is 12.2. The summed E-state index contributed by atoms with van der Waals surface area (Å²) in [4.78, 5) is 0. The van der Waals surface area contributed by atoms with Crippen molar-refractivity contribution in [3.63, 3.8) is 0 Å². The number of nitrogens with zero attached hydrogens (tertiary/aromatic N) is 1. The van der Waals surface area contributed by atoms with E-state index in [1.54, 1.807) is 18.2 Å². The number of para-hydroxylation sites is 2. The van der Waals surface area contributed by atoms with E-state index >= 15 is 0 Å². The second-order valence-electron chi connectivity index (χ2n) is 3.85. The Bertz CT molecular complexity index is 414. The minimum absolute atomic E-state index is 0.119. The van der Waals surface area contributed by atoms with Gasteiger partial charge in [0.2, 0.25) is 0 Å². The molecule has 0 amide bonds.